The van der Waals surface area contributed by atoms with Gasteiger partial charge in [0.1, 0.15) is 24.7 Å². The molecule has 0 aromatic heterocycles. The highest BCUT2D eigenvalue weighted by Gasteiger charge is 2.47. The van der Waals surface area contributed by atoms with E-state index in [0.29, 0.717) is 31.0 Å². The number of aliphatic hydroxyl groups excluding tert-OH is 2. The Kier molecular flexibility index (Phi) is 7.20. The normalized spacial score (nSPS) is 23.6. The van der Waals surface area contributed by atoms with Crippen LogP contribution in [0.2, 0.25) is 0 Å². The molecule has 0 heterocycles. The minimum atomic E-state index is -0.0719. The predicted octanol–water partition coefficient (Wildman–Crippen LogP) is 4.42. The van der Waals surface area contributed by atoms with Crippen molar-refractivity contribution >= 4 is 0 Å². The Morgan fingerprint density at radius 3 is 1.45 bits per heavy atom. The summed E-state index contributed by atoms with van der Waals surface area (Å²) in [4.78, 5) is 0. The number of rotatable bonds is 8. The van der Waals surface area contributed by atoms with Crippen LogP contribution < -0.4 is 9.47 Å². The van der Waals surface area contributed by atoms with Gasteiger partial charge in [-0.25, -0.2) is 0 Å². The first-order valence-corrected chi connectivity index (χ1v) is 10.7. The Balaban J connectivity index is 2.01. The third-order valence-corrected chi connectivity index (χ3v) is 6.45. The Labute approximate surface area is 174 Å². The zero-order valence-electron chi connectivity index (χ0n) is 17.8. The van der Waals surface area contributed by atoms with Gasteiger partial charge in [-0.15, -0.1) is 0 Å². The molecule has 0 amide bonds. The molecule has 158 valence electrons. The summed E-state index contributed by atoms with van der Waals surface area (Å²) < 4.78 is 11.1. The second-order valence-corrected chi connectivity index (χ2v) is 8.44. The Morgan fingerprint density at radius 2 is 1.10 bits per heavy atom. The standard InChI is InChI=1S/C25H34O4/c1-18-16-19(2)25(20(3)17-18,21-4-8-23(9-5-21)28-14-12-26)22-6-10-24(11-7-22)29-15-13-27/h4-11,18-20,26-27H,12-17H2,1-3H3. The summed E-state index contributed by atoms with van der Waals surface area (Å²) in [5, 5.41) is 18.0. The van der Waals surface area contributed by atoms with Crippen LogP contribution >= 0.6 is 0 Å². The van der Waals surface area contributed by atoms with E-state index >= 15 is 0 Å². The van der Waals surface area contributed by atoms with Crippen LogP contribution in [0.25, 0.3) is 0 Å². The van der Waals surface area contributed by atoms with E-state index in [9.17, 15) is 0 Å². The van der Waals surface area contributed by atoms with Crippen LogP contribution in [0.5, 0.6) is 11.5 Å². The lowest BCUT2D eigenvalue weighted by molar-refractivity contribution is 0.126. The summed E-state index contributed by atoms with van der Waals surface area (Å²) >= 11 is 0. The number of aliphatic hydroxyl groups is 2. The van der Waals surface area contributed by atoms with Crippen molar-refractivity contribution in [3.63, 3.8) is 0 Å². The highest BCUT2D eigenvalue weighted by atomic mass is 16.5. The van der Waals surface area contributed by atoms with Gasteiger partial charge in [-0.3, -0.25) is 0 Å². The molecular formula is C25H34O4. The van der Waals surface area contributed by atoms with Crippen molar-refractivity contribution in [3.05, 3.63) is 59.7 Å². The molecule has 1 aliphatic rings. The van der Waals surface area contributed by atoms with Crippen LogP contribution in [-0.4, -0.2) is 36.6 Å². The molecule has 0 saturated heterocycles. The third-order valence-electron chi connectivity index (χ3n) is 6.45. The van der Waals surface area contributed by atoms with E-state index < -0.39 is 0 Å². The topological polar surface area (TPSA) is 58.9 Å². The maximum Gasteiger partial charge on any atom is 0.119 e. The molecule has 0 aliphatic heterocycles. The molecule has 3 rings (SSSR count). The van der Waals surface area contributed by atoms with Crippen LogP contribution in [-0.2, 0) is 5.41 Å². The average molecular weight is 399 g/mol. The van der Waals surface area contributed by atoms with E-state index in [0.717, 1.165) is 11.5 Å². The van der Waals surface area contributed by atoms with Gasteiger partial charge in [-0.1, -0.05) is 45.0 Å². The highest BCUT2D eigenvalue weighted by Crippen LogP contribution is 2.53. The van der Waals surface area contributed by atoms with Crippen molar-refractivity contribution < 1.29 is 19.7 Å². The summed E-state index contributed by atoms with van der Waals surface area (Å²) in [6.45, 7) is 7.75. The van der Waals surface area contributed by atoms with Gasteiger partial charge in [-0.2, -0.15) is 0 Å². The lowest BCUT2D eigenvalue weighted by Gasteiger charge is -2.50. The van der Waals surface area contributed by atoms with Gasteiger partial charge in [0.05, 0.1) is 13.2 Å². The van der Waals surface area contributed by atoms with Crippen molar-refractivity contribution in [2.24, 2.45) is 17.8 Å². The van der Waals surface area contributed by atoms with Crippen molar-refractivity contribution in [3.8, 4) is 11.5 Å². The molecule has 0 bridgehead atoms. The number of hydrogen-bond donors (Lipinski definition) is 2. The molecule has 29 heavy (non-hydrogen) atoms. The first kappa shape index (κ1) is 21.7. The third kappa shape index (κ3) is 4.44. The van der Waals surface area contributed by atoms with Crippen molar-refractivity contribution in [2.45, 2.75) is 39.0 Å². The minimum Gasteiger partial charge on any atom is -0.491 e. The van der Waals surface area contributed by atoms with Gasteiger partial charge in [-0.05, 0) is 66.0 Å². The van der Waals surface area contributed by atoms with Gasteiger partial charge in [0.15, 0.2) is 0 Å². The Bertz CT molecular complexity index is 688. The maximum absolute atomic E-state index is 9.00. The lowest BCUT2D eigenvalue weighted by Crippen LogP contribution is -2.46. The van der Waals surface area contributed by atoms with E-state index in [1.54, 1.807) is 0 Å². The summed E-state index contributed by atoms with van der Waals surface area (Å²) in [6.07, 6.45) is 2.38. The van der Waals surface area contributed by atoms with Crippen molar-refractivity contribution in [1.29, 1.82) is 0 Å². The van der Waals surface area contributed by atoms with E-state index in [2.05, 4.69) is 45.0 Å². The highest BCUT2D eigenvalue weighted by molar-refractivity contribution is 5.45. The second kappa shape index (κ2) is 9.64. The smallest absolute Gasteiger partial charge is 0.119 e. The SMILES string of the molecule is CC1CC(C)C(c2ccc(OCCO)cc2)(c2ccc(OCCO)cc2)C(C)C1. The average Bonchev–Trinajstić information content (AvgIpc) is 2.72. The van der Waals surface area contributed by atoms with E-state index in [-0.39, 0.29) is 18.6 Å². The van der Waals surface area contributed by atoms with Crippen molar-refractivity contribution in [2.75, 3.05) is 26.4 Å². The van der Waals surface area contributed by atoms with Gasteiger partial charge in [0.2, 0.25) is 0 Å². The summed E-state index contributed by atoms with van der Waals surface area (Å²) in [5.74, 6) is 3.28. The van der Waals surface area contributed by atoms with E-state index in [4.69, 9.17) is 19.7 Å². The molecule has 2 unspecified atom stereocenters. The van der Waals surface area contributed by atoms with Gasteiger partial charge in [0, 0.05) is 5.41 Å². The lowest BCUT2D eigenvalue weighted by atomic mass is 9.53. The quantitative estimate of drug-likeness (QED) is 0.691. The molecule has 1 aliphatic carbocycles. The van der Waals surface area contributed by atoms with Crippen LogP contribution in [0.1, 0.15) is 44.7 Å². The fourth-order valence-electron chi connectivity index (χ4n) is 5.45. The van der Waals surface area contributed by atoms with Crippen LogP contribution in [0.15, 0.2) is 48.5 Å². The summed E-state index contributed by atoms with van der Waals surface area (Å²) in [7, 11) is 0. The maximum atomic E-state index is 9.00. The molecule has 4 heteroatoms. The Morgan fingerprint density at radius 1 is 0.724 bits per heavy atom. The van der Waals surface area contributed by atoms with E-state index in [1.807, 2.05) is 24.3 Å². The summed E-state index contributed by atoms with van der Waals surface area (Å²) in [6, 6.07) is 16.8. The first-order chi connectivity index (χ1) is 14.0. The fourth-order valence-corrected chi connectivity index (χ4v) is 5.45. The van der Waals surface area contributed by atoms with Gasteiger partial charge >= 0.3 is 0 Å². The number of ether oxygens (including phenoxy) is 2. The molecule has 0 spiro atoms. The molecule has 2 N–H and O–H groups in total. The fraction of sp³-hybridized carbons (Fsp3) is 0.520. The molecular weight excluding hydrogens is 364 g/mol. The first-order valence-electron chi connectivity index (χ1n) is 10.7. The minimum absolute atomic E-state index is 0.0162. The monoisotopic (exact) mass is 398 g/mol. The number of benzene rings is 2. The largest absolute Gasteiger partial charge is 0.491 e. The van der Waals surface area contributed by atoms with Crippen LogP contribution in [0.3, 0.4) is 0 Å². The van der Waals surface area contributed by atoms with Crippen molar-refractivity contribution in [1.82, 2.24) is 0 Å². The summed E-state index contributed by atoms with van der Waals surface area (Å²) in [5.41, 5.74) is 2.55. The van der Waals surface area contributed by atoms with Gasteiger partial charge in [0.25, 0.3) is 0 Å². The molecule has 2 aromatic carbocycles. The van der Waals surface area contributed by atoms with Crippen LogP contribution in [0.4, 0.5) is 0 Å². The zero-order valence-corrected chi connectivity index (χ0v) is 17.8. The van der Waals surface area contributed by atoms with Crippen LogP contribution in [0, 0.1) is 17.8 Å². The van der Waals surface area contributed by atoms with E-state index in [1.165, 1.54) is 24.0 Å². The molecule has 4 nitrogen and oxygen atoms in total. The molecule has 0 radical (unpaired) electrons. The zero-order chi connectivity index (χ0) is 20.9. The second-order valence-electron chi connectivity index (χ2n) is 8.44. The predicted molar refractivity (Wildman–Crippen MR) is 116 cm³/mol. The number of hydrogen-bond acceptors (Lipinski definition) is 4. The molecule has 1 fully saturated rings. The Hall–Kier alpha value is -2.04. The molecule has 2 atom stereocenters. The molecule has 2 aromatic rings. The van der Waals surface area contributed by atoms with Gasteiger partial charge < -0.3 is 19.7 Å². The molecule has 1 saturated carbocycles.